The van der Waals surface area contributed by atoms with Crippen molar-refractivity contribution in [2.24, 2.45) is 11.7 Å². The molecule has 0 bridgehead atoms. The van der Waals surface area contributed by atoms with E-state index in [1.54, 1.807) is 11.3 Å². The number of hydrogen-bond donors (Lipinski definition) is 2. The molecule has 2 heterocycles. The lowest BCUT2D eigenvalue weighted by Gasteiger charge is -2.37. The molecule has 3 N–H and O–H groups in total. The van der Waals surface area contributed by atoms with Gasteiger partial charge in [0.05, 0.1) is 11.6 Å². The SMILES string of the molecule is CC1(N)CCCCC1C(=O)NCCc1csc(N2CCCC2)n1. The molecule has 0 radical (unpaired) electrons. The van der Waals surface area contributed by atoms with Crippen molar-refractivity contribution < 1.29 is 4.79 Å². The molecule has 128 valence electrons. The van der Waals surface area contributed by atoms with Crippen molar-refractivity contribution in [1.82, 2.24) is 10.3 Å². The standard InChI is InChI=1S/C17H28N4OS/c1-17(18)8-3-2-6-14(17)15(22)19-9-7-13-12-23-16(20-13)21-10-4-5-11-21/h12,14H,2-11,18H2,1H3,(H,19,22). The van der Waals surface area contributed by atoms with Crippen LogP contribution in [0, 0.1) is 5.92 Å². The zero-order valence-electron chi connectivity index (χ0n) is 14.0. The number of amides is 1. The molecule has 1 aliphatic carbocycles. The van der Waals surface area contributed by atoms with Crippen LogP contribution in [-0.4, -0.2) is 36.1 Å². The monoisotopic (exact) mass is 336 g/mol. The van der Waals surface area contributed by atoms with E-state index in [-0.39, 0.29) is 17.4 Å². The van der Waals surface area contributed by atoms with Gasteiger partial charge in [0.1, 0.15) is 0 Å². The minimum absolute atomic E-state index is 0.0492. The van der Waals surface area contributed by atoms with Gasteiger partial charge in [-0.1, -0.05) is 12.8 Å². The highest BCUT2D eigenvalue weighted by molar-refractivity contribution is 7.13. The number of nitrogens with two attached hydrogens (primary N) is 1. The van der Waals surface area contributed by atoms with Crippen LogP contribution >= 0.6 is 11.3 Å². The summed E-state index contributed by atoms with van der Waals surface area (Å²) in [6.07, 6.45) is 7.43. The predicted octanol–water partition coefficient (Wildman–Crippen LogP) is 2.31. The highest BCUT2D eigenvalue weighted by atomic mass is 32.1. The minimum Gasteiger partial charge on any atom is -0.355 e. The first-order valence-corrected chi connectivity index (χ1v) is 9.70. The van der Waals surface area contributed by atoms with Crippen LogP contribution < -0.4 is 16.0 Å². The Morgan fingerprint density at radius 3 is 2.96 bits per heavy atom. The maximum absolute atomic E-state index is 12.4. The average molecular weight is 337 g/mol. The van der Waals surface area contributed by atoms with Crippen LogP contribution in [0.2, 0.25) is 0 Å². The van der Waals surface area contributed by atoms with Gasteiger partial charge in [0, 0.05) is 37.0 Å². The number of anilines is 1. The average Bonchev–Trinajstić information content (AvgIpc) is 3.17. The van der Waals surface area contributed by atoms with Crippen molar-refractivity contribution >= 4 is 22.4 Å². The van der Waals surface area contributed by atoms with Crippen molar-refractivity contribution in [2.75, 3.05) is 24.5 Å². The zero-order chi connectivity index (χ0) is 16.3. The van der Waals surface area contributed by atoms with E-state index in [2.05, 4.69) is 15.6 Å². The first-order chi connectivity index (χ1) is 11.1. The fourth-order valence-electron chi connectivity index (χ4n) is 3.69. The van der Waals surface area contributed by atoms with Gasteiger partial charge in [-0.05, 0) is 32.6 Å². The Bertz CT molecular complexity index is 536. The van der Waals surface area contributed by atoms with Crippen LogP contribution in [0.5, 0.6) is 0 Å². The van der Waals surface area contributed by atoms with Crippen LogP contribution in [0.3, 0.4) is 0 Å². The third kappa shape index (κ3) is 4.04. The summed E-state index contributed by atoms with van der Waals surface area (Å²) in [5.74, 6) is 0.0662. The first-order valence-electron chi connectivity index (χ1n) is 8.82. The van der Waals surface area contributed by atoms with Gasteiger partial charge in [-0.15, -0.1) is 11.3 Å². The summed E-state index contributed by atoms with van der Waals surface area (Å²) in [4.78, 5) is 19.5. The van der Waals surface area contributed by atoms with Crippen molar-refractivity contribution in [2.45, 2.75) is 57.4 Å². The lowest BCUT2D eigenvalue weighted by atomic mass is 9.74. The molecule has 0 spiro atoms. The van der Waals surface area contributed by atoms with Crippen molar-refractivity contribution in [3.63, 3.8) is 0 Å². The summed E-state index contributed by atoms with van der Waals surface area (Å²) >= 11 is 1.72. The Kier molecular flexibility index (Phi) is 5.21. The number of aromatic nitrogens is 1. The number of rotatable bonds is 5. The van der Waals surface area contributed by atoms with Gasteiger partial charge in [-0.25, -0.2) is 4.98 Å². The molecule has 1 aromatic rings. The fraction of sp³-hybridized carbons (Fsp3) is 0.765. The van der Waals surface area contributed by atoms with Gasteiger partial charge < -0.3 is 16.0 Å². The molecule has 2 fully saturated rings. The molecule has 1 saturated carbocycles. The summed E-state index contributed by atoms with van der Waals surface area (Å²) < 4.78 is 0. The summed E-state index contributed by atoms with van der Waals surface area (Å²) in [6.45, 7) is 4.91. The maximum Gasteiger partial charge on any atom is 0.224 e. The normalized spacial score (nSPS) is 28.1. The summed E-state index contributed by atoms with van der Waals surface area (Å²) in [6, 6.07) is 0. The summed E-state index contributed by atoms with van der Waals surface area (Å²) in [7, 11) is 0. The summed E-state index contributed by atoms with van der Waals surface area (Å²) in [5, 5.41) is 6.32. The molecule has 6 heteroatoms. The lowest BCUT2D eigenvalue weighted by molar-refractivity contribution is -0.128. The molecule has 0 aromatic carbocycles. The Morgan fingerprint density at radius 2 is 2.22 bits per heavy atom. The number of nitrogens with zero attached hydrogens (tertiary/aromatic N) is 2. The highest BCUT2D eigenvalue weighted by Gasteiger charge is 2.37. The third-order valence-corrected chi connectivity index (χ3v) is 6.12. The van der Waals surface area contributed by atoms with E-state index in [0.717, 1.165) is 56.0 Å². The molecular weight excluding hydrogens is 308 g/mol. The predicted molar refractivity (Wildman–Crippen MR) is 94.8 cm³/mol. The Balaban J connectivity index is 1.46. The molecule has 23 heavy (non-hydrogen) atoms. The van der Waals surface area contributed by atoms with Crippen LogP contribution in [0.25, 0.3) is 0 Å². The maximum atomic E-state index is 12.4. The van der Waals surface area contributed by atoms with Gasteiger partial charge in [0.15, 0.2) is 5.13 Å². The van der Waals surface area contributed by atoms with Gasteiger partial charge in [0.2, 0.25) is 5.91 Å². The van der Waals surface area contributed by atoms with Crippen LogP contribution in [0.15, 0.2) is 5.38 Å². The van der Waals surface area contributed by atoms with Gasteiger partial charge in [0.25, 0.3) is 0 Å². The van der Waals surface area contributed by atoms with Crippen molar-refractivity contribution in [3.05, 3.63) is 11.1 Å². The van der Waals surface area contributed by atoms with Gasteiger partial charge >= 0.3 is 0 Å². The fourth-order valence-corrected chi connectivity index (χ4v) is 4.60. The molecule has 2 unspecified atom stereocenters. The van der Waals surface area contributed by atoms with E-state index < -0.39 is 0 Å². The molecule has 1 aromatic heterocycles. The van der Waals surface area contributed by atoms with Gasteiger partial charge in [-0.3, -0.25) is 4.79 Å². The van der Waals surface area contributed by atoms with E-state index in [4.69, 9.17) is 10.7 Å². The van der Waals surface area contributed by atoms with Crippen LogP contribution in [-0.2, 0) is 11.2 Å². The number of carbonyl (C=O) groups is 1. The van der Waals surface area contributed by atoms with Crippen molar-refractivity contribution in [3.8, 4) is 0 Å². The second-order valence-electron chi connectivity index (χ2n) is 7.16. The smallest absolute Gasteiger partial charge is 0.224 e. The largest absolute Gasteiger partial charge is 0.355 e. The lowest BCUT2D eigenvalue weighted by Crippen LogP contribution is -2.53. The van der Waals surface area contributed by atoms with Gasteiger partial charge in [-0.2, -0.15) is 0 Å². The number of hydrogen-bond acceptors (Lipinski definition) is 5. The van der Waals surface area contributed by atoms with Crippen LogP contribution in [0.4, 0.5) is 5.13 Å². The van der Waals surface area contributed by atoms with Crippen molar-refractivity contribution in [1.29, 1.82) is 0 Å². The third-order valence-electron chi connectivity index (χ3n) is 5.17. The number of thiazole rings is 1. The quantitative estimate of drug-likeness (QED) is 0.865. The van der Waals surface area contributed by atoms with E-state index in [0.29, 0.717) is 6.54 Å². The molecular formula is C17H28N4OS. The summed E-state index contributed by atoms with van der Waals surface area (Å²) in [5.41, 5.74) is 7.03. The zero-order valence-corrected chi connectivity index (χ0v) is 14.8. The molecule has 2 atom stereocenters. The molecule has 3 rings (SSSR count). The van der Waals surface area contributed by atoms with E-state index in [9.17, 15) is 4.79 Å². The molecule has 1 saturated heterocycles. The number of carbonyl (C=O) groups excluding carboxylic acids is 1. The topological polar surface area (TPSA) is 71.2 Å². The Labute approximate surface area is 142 Å². The second kappa shape index (κ2) is 7.18. The molecule has 1 amide bonds. The first kappa shape index (κ1) is 16.7. The Hall–Kier alpha value is -1.14. The van der Waals surface area contributed by atoms with E-state index >= 15 is 0 Å². The molecule has 1 aliphatic heterocycles. The molecule has 5 nitrogen and oxygen atoms in total. The Morgan fingerprint density at radius 1 is 1.43 bits per heavy atom. The highest BCUT2D eigenvalue weighted by Crippen LogP contribution is 2.31. The van der Waals surface area contributed by atoms with E-state index in [1.807, 2.05) is 6.92 Å². The second-order valence-corrected chi connectivity index (χ2v) is 8.00. The molecule has 2 aliphatic rings. The number of nitrogens with one attached hydrogen (secondary N) is 1. The van der Waals surface area contributed by atoms with E-state index in [1.165, 1.54) is 12.8 Å². The minimum atomic E-state index is -0.355. The van der Waals surface area contributed by atoms with Crippen LogP contribution in [0.1, 0.15) is 51.1 Å².